The van der Waals surface area contributed by atoms with Gasteiger partial charge in [-0.1, -0.05) is 19.3 Å². The molecule has 0 aromatic carbocycles. The van der Waals surface area contributed by atoms with Crippen molar-refractivity contribution < 1.29 is 0 Å². The van der Waals surface area contributed by atoms with Crippen molar-refractivity contribution in [2.45, 2.75) is 45.1 Å². The highest BCUT2D eigenvalue weighted by atomic mass is 15.3. The highest BCUT2D eigenvalue weighted by Crippen LogP contribution is 2.34. The van der Waals surface area contributed by atoms with E-state index in [2.05, 4.69) is 22.7 Å². The molecule has 1 aromatic rings. The third-order valence-corrected chi connectivity index (χ3v) is 4.24. The maximum Gasteiger partial charge on any atom is 0.148 e. The highest BCUT2D eigenvalue weighted by molar-refractivity contribution is 5.69. The lowest BCUT2D eigenvalue weighted by Gasteiger charge is -2.23. The summed E-state index contributed by atoms with van der Waals surface area (Å²) in [6.45, 7) is 3.17. The van der Waals surface area contributed by atoms with Gasteiger partial charge in [0.2, 0.25) is 0 Å². The van der Waals surface area contributed by atoms with Crippen molar-refractivity contribution in [1.82, 2.24) is 9.78 Å². The maximum absolute atomic E-state index is 4.49. The lowest BCUT2D eigenvalue weighted by Crippen LogP contribution is -2.31. The summed E-state index contributed by atoms with van der Waals surface area (Å²) < 4.78 is 1.98. The molecule has 0 bridgehead atoms. The van der Waals surface area contributed by atoms with Crippen molar-refractivity contribution in [3.05, 3.63) is 5.69 Å². The van der Waals surface area contributed by atoms with Gasteiger partial charge in [0.15, 0.2) is 0 Å². The SMILES string of the molecule is Cc1nn(C)c2c1NCC1CCCCCC1N2. The summed E-state index contributed by atoms with van der Waals surface area (Å²) in [7, 11) is 2.03. The van der Waals surface area contributed by atoms with E-state index in [1.807, 2.05) is 11.7 Å². The number of nitrogens with one attached hydrogen (secondary N) is 2. The van der Waals surface area contributed by atoms with Crippen molar-refractivity contribution >= 4 is 11.5 Å². The fraction of sp³-hybridized carbons (Fsp3) is 0.769. The Hall–Kier alpha value is -1.19. The molecule has 4 nitrogen and oxygen atoms in total. The standard InChI is InChI=1S/C13H22N4/c1-9-12-13(17(2)16-9)15-11-7-5-3-4-6-10(11)8-14-12/h10-11,14-15H,3-8H2,1-2H3. The summed E-state index contributed by atoms with van der Waals surface area (Å²) in [6, 6.07) is 0.626. The summed E-state index contributed by atoms with van der Waals surface area (Å²) >= 11 is 0. The number of hydrogen-bond donors (Lipinski definition) is 2. The zero-order valence-corrected chi connectivity index (χ0v) is 10.8. The average Bonchev–Trinajstić information content (AvgIpc) is 2.52. The van der Waals surface area contributed by atoms with Crippen molar-refractivity contribution in [2.24, 2.45) is 13.0 Å². The van der Waals surface area contributed by atoms with E-state index in [4.69, 9.17) is 0 Å². The third-order valence-electron chi connectivity index (χ3n) is 4.24. The van der Waals surface area contributed by atoms with E-state index in [9.17, 15) is 0 Å². The molecule has 3 rings (SSSR count). The number of rotatable bonds is 0. The zero-order chi connectivity index (χ0) is 11.8. The predicted octanol–water partition coefficient (Wildman–Crippen LogP) is 2.51. The number of anilines is 2. The predicted molar refractivity (Wildman–Crippen MR) is 70.4 cm³/mol. The van der Waals surface area contributed by atoms with Gasteiger partial charge in [0, 0.05) is 19.6 Å². The molecule has 0 amide bonds. The Morgan fingerprint density at radius 1 is 1.24 bits per heavy atom. The molecule has 2 N–H and O–H groups in total. The van der Waals surface area contributed by atoms with Crippen LogP contribution in [0.5, 0.6) is 0 Å². The van der Waals surface area contributed by atoms with Crippen LogP contribution in [-0.2, 0) is 7.05 Å². The summed E-state index contributed by atoms with van der Waals surface area (Å²) in [5, 5.41) is 11.8. The van der Waals surface area contributed by atoms with Crippen LogP contribution in [-0.4, -0.2) is 22.4 Å². The molecule has 0 radical (unpaired) electrons. The van der Waals surface area contributed by atoms with Gasteiger partial charge in [-0.05, 0) is 25.7 Å². The van der Waals surface area contributed by atoms with E-state index in [1.165, 1.54) is 43.6 Å². The summed E-state index contributed by atoms with van der Waals surface area (Å²) in [4.78, 5) is 0. The van der Waals surface area contributed by atoms with E-state index in [-0.39, 0.29) is 0 Å². The van der Waals surface area contributed by atoms with Crippen molar-refractivity contribution in [3.8, 4) is 0 Å². The first-order valence-electron chi connectivity index (χ1n) is 6.79. The lowest BCUT2D eigenvalue weighted by atomic mass is 9.95. The van der Waals surface area contributed by atoms with Crippen LogP contribution < -0.4 is 10.6 Å². The highest BCUT2D eigenvalue weighted by Gasteiger charge is 2.29. The Balaban J connectivity index is 1.91. The molecule has 2 unspecified atom stereocenters. The molecule has 2 heterocycles. The van der Waals surface area contributed by atoms with Crippen LogP contribution >= 0.6 is 0 Å². The first kappa shape index (κ1) is 10.9. The van der Waals surface area contributed by atoms with E-state index < -0.39 is 0 Å². The maximum atomic E-state index is 4.49. The Bertz CT molecular complexity index is 410. The van der Waals surface area contributed by atoms with Crippen molar-refractivity contribution in [2.75, 3.05) is 17.2 Å². The van der Waals surface area contributed by atoms with Crippen LogP contribution in [0, 0.1) is 12.8 Å². The smallest absolute Gasteiger partial charge is 0.148 e. The van der Waals surface area contributed by atoms with Crippen molar-refractivity contribution in [3.63, 3.8) is 0 Å². The van der Waals surface area contributed by atoms with Gasteiger partial charge in [-0.2, -0.15) is 5.10 Å². The molecule has 4 heteroatoms. The molecule has 1 aliphatic carbocycles. The second kappa shape index (κ2) is 4.24. The van der Waals surface area contributed by atoms with Crippen LogP contribution in [0.4, 0.5) is 11.5 Å². The molecule has 1 fully saturated rings. The largest absolute Gasteiger partial charge is 0.380 e. The number of hydrogen-bond acceptors (Lipinski definition) is 3. The van der Waals surface area contributed by atoms with Gasteiger partial charge in [0.25, 0.3) is 0 Å². The lowest BCUT2D eigenvalue weighted by molar-refractivity contribution is 0.441. The van der Waals surface area contributed by atoms with Gasteiger partial charge < -0.3 is 10.6 Å². The Labute approximate surface area is 103 Å². The second-order valence-corrected chi connectivity index (χ2v) is 5.46. The molecule has 2 atom stereocenters. The topological polar surface area (TPSA) is 41.9 Å². The first-order valence-corrected chi connectivity index (χ1v) is 6.79. The van der Waals surface area contributed by atoms with Crippen LogP contribution in [0.25, 0.3) is 0 Å². The molecular formula is C13H22N4. The van der Waals surface area contributed by atoms with Gasteiger partial charge in [-0.3, -0.25) is 4.68 Å². The fourth-order valence-electron chi connectivity index (χ4n) is 3.26. The Kier molecular flexibility index (Phi) is 2.73. The molecule has 1 aliphatic heterocycles. The van der Waals surface area contributed by atoms with Crippen LogP contribution in [0.2, 0.25) is 0 Å². The quantitative estimate of drug-likeness (QED) is 0.725. The van der Waals surface area contributed by atoms with Gasteiger partial charge >= 0.3 is 0 Å². The number of fused-ring (bicyclic) bond motifs is 2. The van der Waals surface area contributed by atoms with Crippen LogP contribution in [0.3, 0.4) is 0 Å². The van der Waals surface area contributed by atoms with Gasteiger partial charge in [-0.15, -0.1) is 0 Å². The van der Waals surface area contributed by atoms with Gasteiger partial charge in [0.1, 0.15) is 11.5 Å². The summed E-state index contributed by atoms with van der Waals surface area (Å²) in [5.74, 6) is 1.95. The van der Waals surface area contributed by atoms with Gasteiger partial charge in [-0.25, -0.2) is 0 Å². The fourth-order valence-corrected chi connectivity index (χ4v) is 3.26. The number of nitrogens with zero attached hydrogens (tertiary/aromatic N) is 2. The Morgan fingerprint density at radius 3 is 2.94 bits per heavy atom. The molecule has 1 aromatic heterocycles. The van der Waals surface area contributed by atoms with Gasteiger partial charge in [0.05, 0.1) is 5.69 Å². The minimum atomic E-state index is 0.626. The monoisotopic (exact) mass is 234 g/mol. The molecule has 2 aliphatic rings. The minimum absolute atomic E-state index is 0.626. The summed E-state index contributed by atoms with van der Waals surface area (Å²) in [5.41, 5.74) is 2.31. The third kappa shape index (κ3) is 1.90. The molecule has 17 heavy (non-hydrogen) atoms. The van der Waals surface area contributed by atoms with Crippen LogP contribution in [0.15, 0.2) is 0 Å². The minimum Gasteiger partial charge on any atom is -0.380 e. The van der Waals surface area contributed by atoms with E-state index in [1.54, 1.807) is 0 Å². The average molecular weight is 234 g/mol. The number of aryl methyl sites for hydroxylation is 2. The first-order chi connectivity index (χ1) is 8.25. The van der Waals surface area contributed by atoms with E-state index in [0.717, 1.165) is 18.2 Å². The zero-order valence-electron chi connectivity index (χ0n) is 10.8. The van der Waals surface area contributed by atoms with Crippen molar-refractivity contribution in [1.29, 1.82) is 0 Å². The molecule has 94 valence electrons. The molecular weight excluding hydrogens is 212 g/mol. The normalized spacial score (nSPS) is 28.1. The molecule has 0 spiro atoms. The Morgan fingerprint density at radius 2 is 2.06 bits per heavy atom. The van der Waals surface area contributed by atoms with E-state index >= 15 is 0 Å². The van der Waals surface area contributed by atoms with E-state index in [0.29, 0.717) is 6.04 Å². The molecule has 0 saturated heterocycles. The van der Waals surface area contributed by atoms with Crippen LogP contribution in [0.1, 0.15) is 37.8 Å². The summed E-state index contributed by atoms with van der Waals surface area (Å²) in [6.07, 6.45) is 6.80. The molecule has 1 saturated carbocycles. The second-order valence-electron chi connectivity index (χ2n) is 5.46. The number of aromatic nitrogens is 2.